The minimum atomic E-state index is -2.66. The number of alkyl halides is 2. The van der Waals surface area contributed by atoms with Gasteiger partial charge in [-0.05, 0) is 72.0 Å². The van der Waals surface area contributed by atoms with Crippen molar-refractivity contribution in [3.63, 3.8) is 0 Å². The van der Waals surface area contributed by atoms with Crippen LogP contribution in [-0.2, 0) is 18.2 Å². The lowest BCUT2D eigenvalue weighted by Crippen LogP contribution is -2.27. The molecule has 0 bridgehead atoms. The van der Waals surface area contributed by atoms with Gasteiger partial charge in [0.1, 0.15) is 11.5 Å². The van der Waals surface area contributed by atoms with E-state index in [1.807, 2.05) is 23.1 Å². The number of halogens is 2. The van der Waals surface area contributed by atoms with Crippen molar-refractivity contribution in [1.82, 2.24) is 20.1 Å². The lowest BCUT2D eigenvalue weighted by Gasteiger charge is -2.33. The van der Waals surface area contributed by atoms with E-state index >= 15 is 0 Å². The van der Waals surface area contributed by atoms with E-state index in [-0.39, 0.29) is 23.3 Å². The van der Waals surface area contributed by atoms with Gasteiger partial charge in [-0.1, -0.05) is 12.1 Å². The van der Waals surface area contributed by atoms with E-state index in [0.29, 0.717) is 29.2 Å². The fourth-order valence-corrected chi connectivity index (χ4v) is 5.61. The van der Waals surface area contributed by atoms with Crippen LogP contribution in [0.2, 0.25) is 0 Å². The van der Waals surface area contributed by atoms with Crippen LogP contribution in [0.1, 0.15) is 59.0 Å². The molecule has 0 saturated carbocycles. The van der Waals surface area contributed by atoms with Gasteiger partial charge in [0.05, 0.1) is 12.3 Å². The van der Waals surface area contributed by atoms with E-state index < -0.39 is 6.43 Å². The van der Waals surface area contributed by atoms with E-state index in [2.05, 4.69) is 16.5 Å². The predicted molar refractivity (Wildman–Crippen MR) is 142 cm³/mol. The first-order chi connectivity index (χ1) is 18.4. The molecule has 1 atom stereocenters. The maximum absolute atomic E-state index is 14.4. The van der Waals surface area contributed by atoms with Crippen LogP contribution in [0.5, 0.6) is 0 Å². The number of ether oxygens (including phenoxy) is 1. The van der Waals surface area contributed by atoms with E-state index in [4.69, 9.17) is 9.72 Å². The van der Waals surface area contributed by atoms with Crippen LogP contribution in [0.4, 0.5) is 20.3 Å². The fraction of sp³-hybridized carbons (Fsp3) is 0.345. The zero-order valence-electron chi connectivity index (χ0n) is 21.4. The Morgan fingerprint density at radius 1 is 1.18 bits per heavy atom. The molecule has 38 heavy (non-hydrogen) atoms. The Bertz CT molecular complexity index is 1530. The van der Waals surface area contributed by atoms with Crippen molar-refractivity contribution >= 4 is 28.2 Å². The largest absolute Gasteiger partial charge is 0.374 e. The van der Waals surface area contributed by atoms with Gasteiger partial charge in [-0.25, -0.2) is 13.8 Å². The molecule has 2 aliphatic heterocycles. The Labute approximate surface area is 219 Å². The molecular formula is C29H29F2N5O2. The second kappa shape index (κ2) is 9.79. The summed E-state index contributed by atoms with van der Waals surface area (Å²) in [7, 11) is 3.34. The number of benzene rings is 2. The van der Waals surface area contributed by atoms with E-state index in [0.717, 1.165) is 54.2 Å². The van der Waals surface area contributed by atoms with Crippen LogP contribution in [0.3, 0.4) is 0 Å². The summed E-state index contributed by atoms with van der Waals surface area (Å²) in [4.78, 5) is 19.4. The number of fused-ring (bicyclic) bond motifs is 2. The molecule has 2 aromatic carbocycles. The lowest BCUT2D eigenvalue weighted by molar-refractivity contribution is 0.0958. The predicted octanol–water partition coefficient (Wildman–Crippen LogP) is 5.87. The molecule has 1 unspecified atom stereocenters. The number of nitrogens with zero attached hydrogens (tertiary/aromatic N) is 4. The van der Waals surface area contributed by atoms with Crippen molar-refractivity contribution in [2.24, 2.45) is 7.05 Å². The molecular weight excluding hydrogens is 488 g/mol. The topological polar surface area (TPSA) is 72.3 Å². The van der Waals surface area contributed by atoms with Crippen LogP contribution in [0.25, 0.3) is 21.9 Å². The van der Waals surface area contributed by atoms with Crippen molar-refractivity contribution in [2.45, 2.75) is 38.2 Å². The van der Waals surface area contributed by atoms with Crippen molar-refractivity contribution < 1.29 is 18.3 Å². The molecule has 7 nitrogen and oxygen atoms in total. The highest BCUT2D eigenvalue weighted by atomic mass is 19.3. The Morgan fingerprint density at radius 3 is 2.76 bits per heavy atom. The minimum Gasteiger partial charge on any atom is -0.374 e. The SMILES string of the molecule is CNC(=O)c1cc2cc(C3CCCO3)ccc2c(N2CCCc3cc(-c4cnn(C)c4)c(C(F)F)cc32)n1. The van der Waals surface area contributed by atoms with Gasteiger partial charge in [-0.15, -0.1) is 0 Å². The molecule has 2 aromatic heterocycles. The van der Waals surface area contributed by atoms with Crippen molar-refractivity contribution in [1.29, 1.82) is 0 Å². The first kappa shape index (κ1) is 24.5. The quantitative estimate of drug-likeness (QED) is 0.359. The van der Waals surface area contributed by atoms with Gasteiger partial charge in [-0.3, -0.25) is 9.48 Å². The van der Waals surface area contributed by atoms with E-state index in [1.54, 1.807) is 43.3 Å². The number of rotatable bonds is 5. The summed E-state index contributed by atoms with van der Waals surface area (Å²) in [6, 6.07) is 11.3. The molecule has 1 N–H and O–H groups in total. The molecule has 0 spiro atoms. The van der Waals surface area contributed by atoms with E-state index in [1.165, 1.54) is 0 Å². The Balaban J connectivity index is 1.52. The first-order valence-electron chi connectivity index (χ1n) is 12.9. The highest BCUT2D eigenvalue weighted by molar-refractivity contribution is 6.01. The van der Waals surface area contributed by atoms with Gasteiger partial charge in [0.2, 0.25) is 0 Å². The molecule has 6 rings (SSSR count). The summed E-state index contributed by atoms with van der Waals surface area (Å²) in [5, 5.41) is 8.57. The number of hydrogen-bond donors (Lipinski definition) is 1. The summed E-state index contributed by atoms with van der Waals surface area (Å²) in [6.45, 7) is 1.35. The number of carbonyl (C=O) groups excluding carboxylic acids is 1. The number of amides is 1. The third-order valence-electron chi connectivity index (χ3n) is 7.47. The smallest absolute Gasteiger partial charge is 0.269 e. The van der Waals surface area contributed by atoms with Crippen molar-refractivity contribution in [3.05, 3.63) is 71.2 Å². The summed E-state index contributed by atoms with van der Waals surface area (Å²) in [5.41, 5.74) is 4.13. The van der Waals surface area contributed by atoms with Gasteiger partial charge < -0.3 is 15.0 Å². The molecule has 1 amide bonds. The second-order valence-electron chi connectivity index (χ2n) is 9.92. The molecule has 1 saturated heterocycles. The Hall–Kier alpha value is -3.85. The monoisotopic (exact) mass is 517 g/mol. The zero-order valence-corrected chi connectivity index (χ0v) is 21.4. The number of hydrogen-bond acceptors (Lipinski definition) is 5. The average Bonchev–Trinajstić information content (AvgIpc) is 3.63. The summed E-state index contributed by atoms with van der Waals surface area (Å²) < 4.78 is 36.2. The van der Waals surface area contributed by atoms with Gasteiger partial charge >= 0.3 is 0 Å². The molecule has 2 aliphatic rings. The number of pyridine rings is 1. The van der Waals surface area contributed by atoms with Crippen LogP contribution >= 0.6 is 0 Å². The fourth-order valence-electron chi connectivity index (χ4n) is 5.61. The molecule has 4 heterocycles. The zero-order chi connectivity index (χ0) is 26.4. The molecule has 4 aromatic rings. The van der Waals surface area contributed by atoms with Crippen LogP contribution in [0, 0.1) is 0 Å². The van der Waals surface area contributed by atoms with Crippen molar-refractivity contribution in [2.75, 3.05) is 25.1 Å². The highest BCUT2D eigenvalue weighted by Gasteiger charge is 2.27. The van der Waals surface area contributed by atoms with Crippen LogP contribution in [0.15, 0.2) is 48.8 Å². The van der Waals surface area contributed by atoms with Gasteiger partial charge in [-0.2, -0.15) is 5.10 Å². The normalized spacial score (nSPS) is 17.3. The number of aromatic nitrogens is 3. The van der Waals surface area contributed by atoms with Gasteiger partial charge in [0, 0.05) is 55.6 Å². The number of carbonyl (C=O) groups is 1. The Kier molecular flexibility index (Phi) is 6.31. The van der Waals surface area contributed by atoms with Crippen molar-refractivity contribution in [3.8, 4) is 11.1 Å². The van der Waals surface area contributed by atoms with Gasteiger partial charge in [0.25, 0.3) is 12.3 Å². The third-order valence-corrected chi connectivity index (χ3v) is 7.47. The minimum absolute atomic E-state index is 0.0367. The number of anilines is 2. The van der Waals surface area contributed by atoms with E-state index in [9.17, 15) is 13.6 Å². The number of nitrogens with one attached hydrogen (secondary N) is 1. The first-order valence-corrected chi connectivity index (χ1v) is 12.9. The lowest BCUT2D eigenvalue weighted by atomic mass is 9.92. The van der Waals surface area contributed by atoms with Gasteiger partial charge in [0.15, 0.2) is 0 Å². The third kappa shape index (κ3) is 4.30. The summed E-state index contributed by atoms with van der Waals surface area (Å²) >= 11 is 0. The number of aryl methyl sites for hydroxylation is 2. The molecule has 9 heteroatoms. The molecule has 1 fully saturated rings. The average molecular weight is 518 g/mol. The second-order valence-corrected chi connectivity index (χ2v) is 9.92. The summed E-state index contributed by atoms with van der Waals surface area (Å²) in [5.74, 6) is 0.295. The maximum atomic E-state index is 14.4. The van der Waals surface area contributed by atoms with Crippen LogP contribution < -0.4 is 10.2 Å². The van der Waals surface area contributed by atoms with Crippen LogP contribution in [-0.4, -0.2) is 40.9 Å². The molecule has 196 valence electrons. The summed E-state index contributed by atoms with van der Waals surface area (Å²) in [6.07, 6.45) is 4.31. The standard InChI is InChI=1S/C29H29F2N5O2/c1-32-29(37)24-13-19-11-18(26-6-4-10-38-26)7-8-21(19)28(34-24)36-9-3-5-17-12-22(20-15-33-35(2)16-20)23(27(30)31)14-25(17)36/h7-8,11-16,26-27H,3-6,9-10H2,1-2H3,(H,32,37). The highest BCUT2D eigenvalue weighted by Crippen LogP contribution is 2.43. The molecule has 0 aliphatic carbocycles. The Morgan fingerprint density at radius 2 is 2.05 bits per heavy atom. The maximum Gasteiger partial charge on any atom is 0.269 e. The molecule has 0 radical (unpaired) electrons.